The zero-order chi connectivity index (χ0) is 15.4. The first-order valence-electron chi connectivity index (χ1n) is 7.54. The van der Waals surface area contributed by atoms with Gasteiger partial charge in [0.1, 0.15) is 17.3 Å². The van der Waals surface area contributed by atoms with E-state index in [1.165, 1.54) is 31.7 Å². The Hall–Kier alpha value is -2.44. The van der Waals surface area contributed by atoms with Gasteiger partial charge in [-0.1, -0.05) is 24.4 Å². The van der Waals surface area contributed by atoms with Crippen molar-refractivity contribution in [2.75, 3.05) is 5.32 Å². The molecule has 0 aliphatic heterocycles. The van der Waals surface area contributed by atoms with E-state index in [0.29, 0.717) is 23.1 Å². The summed E-state index contributed by atoms with van der Waals surface area (Å²) in [6.45, 7) is 1.81. The third kappa shape index (κ3) is 3.60. The normalized spacial score (nSPS) is 15.5. The summed E-state index contributed by atoms with van der Waals surface area (Å²) in [6, 6.07) is 2.02. The summed E-state index contributed by atoms with van der Waals surface area (Å²) in [6.07, 6.45) is 8.68. The largest absolute Gasteiger partial charge is 0.360 e. The van der Waals surface area contributed by atoms with Gasteiger partial charge in [-0.3, -0.25) is 4.79 Å². The highest BCUT2D eigenvalue weighted by Gasteiger charge is 2.17. The van der Waals surface area contributed by atoms with Gasteiger partial charge in [0.15, 0.2) is 5.82 Å². The van der Waals surface area contributed by atoms with Crippen LogP contribution in [-0.4, -0.2) is 27.1 Å². The number of carbonyl (C=O) groups is 1. The van der Waals surface area contributed by atoms with Crippen LogP contribution in [0.1, 0.15) is 48.4 Å². The molecule has 0 radical (unpaired) electrons. The Morgan fingerprint density at radius 3 is 2.64 bits per heavy atom. The minimum Gasteiger partial charge on any atom is -0.360 e. The first-order valence-corrected chi connectivity index (χ1v) is 7.54. The van der Waals surface area contributed by atoms with Crippen molar-refractivity contribution >= 4 is 17.5 Å². The highest BCUT2D eigenvalue weighted by atomic mass is 16.5. The molecule has 0 atom stereocenters. The third-order valence-corrected chi connectivity index (χ3v) is 3.71. The van der Waals surface area contributed by atoms with Crippen molar-refractivity contribution in [3.05, 3.63) is 29.9 Å². The van der Waals surface area contributed by atoms with E-state index in [9.17, 15) is 4.79 Å². The van der Waals surface area contributed by atoms with Crippen molar-refractivity contribution in [1.82, 2.24) is 20.4 Å². The van der Waals surface area contributed by atoms with Crippen LogP contribution in [0.5, 0.6) is 0 Å². The van der Waals surface area contributed by atoms with Gasteiger partial charge in [0.2, 0.25) is 0 Å². The fourth-order valence-electron chi connectivity index (χ4n) is 2.57. The Morgan fingerprint density at radius 2 is 2.00 bits per heavy atom. The monoisotopic (exact) mass is 301 g/mol. The Bertz CT molecular complexity index is 632. The molecule has 2 aromatic heterocycles. The summed E-state index contributed by atoms with van der Waals surface area (Å²) in [4.78, 5) is 20.5. The highest BCUT2D eigenvalue weighted by Crippen LogP contribution is 2.18. The standard InChI is InChI=1S/C15H19N5O2/c1-10-7-13(20-22-10)19-14-9-16-12(8-17-14)15(21)18-11-5-3-2-4-6-11/h7-9,11H,2-6H2,1H3,(H,18,21)(H,17,19,20). The van der Waals surface area contributed by atoms with Gasteiger partial charge in [-0.25, -0.2) is 9.97 Å². The first-order chi connectivity index (χ1) is 10.7. The van der Waals surface area contributed by atoms with Crippen LogP contribution >= 0.6 is 0 Å². The molecule has 2 N–H and O–H groups in total. The fourth-order valence-corrected chi connectivity index (χ4v) is 2.57. The number of nitrogens with zero attached hydrogens (tertiary/aromatic N) is 3. The molecule has 2 heterocycles. The molecule has 1 aliphatic carbocycles. The summed E-state index contributed by atoms with van der Waals surface area (Å²) in [5.41, 5.74) is 0.326. The molecule has 2 aromatic rings. The predicted octanol–water partition coefficient (Wildman–Crippen LogP) is 2.58. The molecule has 1 saturated carbocycles. The molecule has 0 unspecified atom stereocenters. The van der Waals surface area contributed by atoms with E-state index in [0.717, 1.165) is 12.8 Å². The van der Waals surface area contributed by atoms with Crippen molar-refractivity contribution in [3.8, 4) is 0 Å². The summed E-state index contributed by atoms with van der Waals surface area (Å²) in [7, 11) is 0. The lowest BCUT2D eigenvalue weighted by atomic mass is 9.95. The fraction of sp³-hybridized carbons (Fsp3) is 0.467. The Kier molecular flexibility index (Phi) is 4.32. The molecule has 0 saturated heterocycles. The van der Waals surface area contributed by atoms with E-state index < -0.39 is 0 Å². The maximum absolute atomic E-state index is 12.1. The number of rotatable bonds is 4. The van der Waals surface area contributed by atoms with Crippen molar-refractivity contribution < 1.29 is 9.32 Å². The molecule has 1 aliphatic rings. The van der Waals surface area contributed by atoms with E-state index in [4.69, 9.17) is 4.52 Å². The zero-order valence-electron chi connectivity index (χ0n) is 12.5. The number of hydrogen-bond acceptors (Lipinski definition) is 6. The Morgan fingerprint density at radius 1 is 1.18 bits per heavy atom. The average Bonchev–Trinajstić information content (AvgIpc) is 2.94. The van der Waals surface area contributed by atoms with Crippen LogP contribution in [-0.2, 0) is 0 Å². The van der Waals surface area contributed by atoms with E-state index in [1.807, 2.05) is 6.92 Å². The molecule has 0 spiro atoms. The van der Waals surface area contributed by atoms with Gasteiger partial charge < -0.3 is 15.2 Å². The van der Waals surface area contributed by atoms with Gasteiger partial charge in [0.25, 0.3) is 5.91 Å². The zero-order valence-corrected chi connectivity index (χ0v) is 12.5. The molecular formula is C15H19N5O2. The van der Waals surface area contributed by atoms with Gasteiger partial charge in [0, 0.05) is 12.1 Å². The summed E-state index contributed by atoms with van der Waals surface area (Å²) >= 11 is 0. The molecule has 3 rings (SSSR count). The van der Waals surface area contributed by atoms with E-state index in [-0.39, 0.29) is 11.9 Å². The molecule has 1 fully saturated rings. The van der Waals surface area contributed by atoms with Crippen LogP contribution < -0.4 is 10.6 Å². The maximum Gasteiger partial charge on any atom is 0.271 e. The number of nitrogens with one attached hydrogen (secondary N) is 2. The lowest BCUT2D eigenvalue weighted by Gasteiger charge is -2.22. The van der Waals surface area contributed by atoms with Gasteiger partial charge in [-0.05, 0) is 19.8 Å². The van der Waals surface area contributed by atoms with Crippen LogP contribution in [0.25, 0.3) is 0 Å². The lowest BCUT2D eigenvalue weighted by molar-refractivity contribution is 0.0922. The van der Waals surface area contributed by atoms with Crippen LogP contribution in [0.15, 0.2) is 23.0 Å². The molecule has 7 nitrogen and oxygen atoms in total. The van der Waals surface area contributed by atoms with Crippen LogP contribution in [0.2, 0.25) is 0 Å². The molecular weight excluding hydrogens is 282 g/mol. The number of aromatic nitrogens is 3. The van der Waals surface area contributed by atoms with Crippen molar-refractivity contribution in [1.29, 1.82) is 0 Å². The number of carbonyl (C=O) groups excluding carboxylic acids is 1. The molecule has 0 aromatic carbocycles. The second-order valence-electron chi connectivity index (χ2n) is 5.54. The van der Waals surface area contributed by atoms with E-state index >= 15 is 0 Å². The van der Waals surface area contributed by atoms with Gasteiger partial charge >= 0.3 is 0 Å². The van der Waals surface area contributed by atoms with Gasteiger partial charge in [-0.15, -0.1) is 0 Å². The number of amides is 1. The summed E-state index contributed by atoms with van der Waals surface area (Å²) < 4.78 is 4.96. The number of anilines is 2. The second kappa shape index (κ2) is 6.55. The van der Waals surface area contributed by atoms with Crippen LogP contribution in [0, 0.1) is 6.92 Å². The minimum atomic E-state index is -0.164. The van der Waals surface area contributed by atoms with E-state index in [1.54, 1.807) is 6.07 Å². The predicted molar refractivity (Wildman–Crippen MR) is 80.9 cm³/mol. The average molecular weight is 301 g/mol. The smallest absolute Gasteiger partial charge is 0.271 e. The minimum absolute atomic E-state index is 0.164. The van der Waals surface area contributed by atoms with Gasteiger partial charge in [0.05, 0.1) is 12.4 Å². The summed E-state index contributed by atoms with van der Waals surface area (Å²) in [5, 5.41) is 9.79. The molecule has 1 amide bonds. The van der Waals surface area contributed by atoms with Crippen molar-refractivity contribution in [2.45, 2.75) is 45.1 Å². The molecule has 22 heavy (non-hydrogen) atoms. The Balaban J connectivity index is 1.59. The topological polar surface area (TPSA) is 92.9 Å². The van der Waals surface area contributed by atoms with Gasteiger partial charge in [-0.2, -0.15) is 0 Å². The molecule has 7 heteroatoms. The lowest BCUT2D eigenvalue weighted by Crippen LogP contribution is -2.36. The third-order valence-electron chi connectivity index (χ3n) is 3.71. The number of aryl methyl sites for hydroxylation is 1. The highest BCUT2D eigenvalue weighted by molar-refractivity contribution is 5.92. The van der Waals surface area contributed by atoms with Crippen LogP contribution in [0.3, 0.4) is 0 Å². The number of hydrogen-bond donors (Lipinski definition) is 2. The van der Waals surface area contributed by atoms with E-state index in [2.05, 4.69) is 25.8 Å². The maximum atomic E-state index is 12.1. The first kappa shape index (κ1) is 14.5. The summed E-state index contributed by atoms with van der Waals surface area (Å²) in [5.74, 6) is 1.62. The van der Waals surface area contributed by atoms with Crippen molar-refractivity contribution in [3.63, 3.8) is 0 Å². The van der Waals surface area contributed by atoms with Crippen molar-refractivity contribution in [2.24, 2.45) is 0 Å². The SMILES string of the molecule is Cc1cc(Nc2cnc(C(=O)NC3CCCCC3)cn2)no1. The molecule has 0 bridgehead atoms. The van der Waals surface area contributed by atoms with Crippen LogP contribution in [0.4, 0.5) is 11.6 Å². The quantitative estimate of drug-likeness (QED) is 0.901. The Labute approximate surface area is 128 Å². The second-order valence-corrected chi connectivity index (χ2v) is 5.54. The molecule has 116 valence electrons.